The van der Waals surface area contributed by atoms with Crippen LogP contribution in [-0.4, -0.2) is 17.1 Å². The molecule has 0 bridgehead atoms. The van der Waals surface area contributed by atoms with Gasteiger partial charge < -0.3 is 10.4 Å². The molecule has 0 radical (unpaired) electrons. The molecule has 0 fully saturated rings. The van der Waals surface area contributed by atoms with E-state index in [0.717, 1.165) is 11.3 Å². The third-order valence-corrected chi connectivity index (χ3v) is 2.24. The van der Waals surface area contributed by atoms with Gasteiger partial charge in [-0.3, -0.25) is 4.79 Å². The Morgan fingerprint density at radius 3 is 2.13 bits per heavy atom. The zero-order valence-electron chi connectivity index (χ0n) is 9.32. The molecule has 0 saturated heterocycles. The first kappa shape index (κ1) is 11.6. The van der Waals surface area contributed by atoms with Crippen LogP contribution in [0.5, 0.6) is 0 Å². The minimum atomic E-state index is -0.792. The summed E-state index contributed by atoms with van der Waals surface area (Å²) in [6, 6.07) is 7.91. The van der Waals surface area contributed by atoms with Gasteiger partial charge in [-0.15, -0.1) is 0 Å². The predicted molar refractivity (Wildman–Crippen MR) is 61.3 cm³/mol. The maximum Gasteiger partial charge on any atom is 0.310 e. The smallest absolute Gasteiger partial charge is 0.310 e. The maximum absolute atomic E-state index is 10.7. The second-order valence-electron chi connectivity index (χ2n) is 3.98. The summed E-state index contributed by atoms with van der Waals surface area (Å²) in [6.45, 7) is 5.81. The standard InChI is InChI=1S/C12H17NO2/c1-8(2)13-11-6-4-10(5-7-11)9(3)12(14)15/h4-9,13H,1-3H3,(H,14,15). The molecule has 0 aromatic heterocycles. The van der Waals surface area contributed by atoms with Crippen LogP contribution < -0.4 is 5.32 Å². The van der Waals surface area contributed by atoms with Crippen LogP contribution in [0.15, 0.2) is 24.3 Å². The molecule has 0 spiro atoms. The minimum absolute atomic E-state index is 0.382. The Hall–Kier alpha value is -1.51. The van der Waals surface area contributed by atoms with Crippen LogP contribution in [0.25, 0.3) is 0 Å². The normalized spacial score (nSPS) is 12.5. The van der Waals surface area contributed by atoms with E-state index in [4.69, 9.17) is 5.11 Å². The molecule has 82 valence electrons. The van der Waals surface area contributed by atoms with Crippen molar-refractivity contribution in [3.8, 4) is 0 Å². The summed E-state index contributed by atoms with van der Waals surface area (Å²) in [5.74, 6) is -1.24. The zero-order valence-corrected chi connectivity index (χ0v) is 9.32. The van der Waals surface area contributed by atoms with Crippen molar-refractivity contribution in [3.05, 3.63) is 29.8 Å². The monoisotopic (exact) mass is 207 g/mol. The molecule has 3 heteroatoms. The highest BCUT2D eigenvalue weighted by atomic mass is 16.4. The molecule has 1 aromatic rings. The first-order valence-electron chi connectivity index (χ1n) is 5.10. The summed E-state index contributed by atoms with van der Waals surface area (Å²) in [7, 11) is 0. The van der Waals surface area contributed by atoms with Crippen LogP contribution in [0.1, 0.15) is 32.3 Å². The average Bonchev–Trinajstić information content (AvgIpc) is 2.17. The van der Waals surface area contributed by atoms with E-state index >= 15 is 0 Å². The Kier molecular flexibility index (Phi) is 3.72. The fourth-order valence-electron chi connectivity index (χ4n) is 1.34. The molecule has 0 aliphatic carbocycles. The summed E-state index contributed by atoms with van der Waals surface area (Å²) in [6.07, 6.45) is 0. The van der Waals surface area contributed by atoms with Gasteiger partial charge in [-0.05, 0) is 38.5 Å². The SMILES string of the molecule is CC(C)Nc1ccc(C(C)C(=O)O)cc1. The van der Waals surface area contributed by atoms with E-state index < -0.39 is 11.9 Å². The van der Waals surface area contributed by atoms with Gasteiger partial charge in [0.25, 0.3) is 0 Å². The molecule has 1 aromatic carbocycles. The van der Waals surface area contributed by atoms with Crippen LogP contribution in [0.2, 0.25) is 0 Å². The lowest BCUT2D eigenvalue weighted by molar-refractivity contribution is -0.138. The molecule has 0 aliphatic rings. The van der Waals surface area contributed by atoms with Crippen molar-refractivity contribution in [2.45, 2.75) is 32.7 Å². The molecule has 3 nitrogen and oxygen atoms in total. The van der Waals surface area contributed by atoms with Crippen molar-refractivity contribution in [2.24, 2.45) is 0 Å². The fourth-order valence-corrected chi connectivity index (χ4v) is 1.34. The number of hydrogen-bond acceptors (Lipinski definition) is 2. The van der Waals surface area contributed by atoms with Gasteiger partial charge in [-0.25, -0.2) is 0 Å². The van der Waals surface area contributed by atoms with Gasteiger partial charge in [-0.2, -0.15) is 0 Å². The quantitative estimate of drug-likeness (QED) is 0.798. The Bertz CT molecular complexity index is 330. The van der Waals surface area contributed by atoms with Gasteiger partial charge in [0.15, 0.2) is 0 Å². The Labute approximate surface area is 90.1 Å². The topological polar surface area (TPSA) is 49.3 Å². The summed E-state index contributed by atoms with van der Waals surface area (Å²) in [5, 5.41) is 12.1. The largest absolute Gasteiger partial charge is 0.481 e. The first-order chi connectivity index (χ1) is 7.00. The number of carboxylic acid groups (broad SMARTS) is 1. The first-order valence-corrected chi connectivity index (χ1v) is 5.10. The van der Waals surface area contributed by atoms with E-state index in [-0.39, 0.29) is 0 Å². The third-order valence-electron chi connectivity index (χ3n) is 2.24. The van der Waals surface area contributed by atoms with Gasteiger partial charge in [0, 0.05) is 11.7 Å². The van der Waals surface area contributed by atoms with Crippen molar-refractivity contribution in [3.63, 3.8) is 0 Å². The van der Waals surface area contributed by atoms with Crippen molar-refractivity contribution in [1.29, 1.82) is 0 Å². The van der Waals surface area contributed by atoms with E-state index in [9.17, 15) is 4.79 Å². The Balaban J connectivity index is 2.76. The number of aliphatic carboxylic acids is 1. The molecule has 0 saturated carbocycles. The molecule has 0 amide bonds. The van der Waals surface area contributed by atoms with Crippen LogP contribution in [0.4, 0.5) is 5.69 Å². The van der Waals surface area contributed by atoms with Gasteiger partial charge in [0.05, 0.1) is 5.92 Å². The summed E-state index contributed by atoms with van der Waals surface area (Å²) < 4.78 is 0. The number of rotatable bonds is 4. The maximum atomic E-state index is 10.7. The van der Waals surface area contributed by atoms with Crippen LogP contribution in [-0.2, 0) is 4.79 Å². The highest BCUT2D eigenvalue weighted by Gasteiger charge is 2.12. The molecular weight excluding hydrogens is 190 g/mol. The second kappa shape index (κ2) is 4.82. The summed E-state index contributed by atoms with van der Waals surface area (Å²) in [4.78, 5) is 10.7. The molecule has 0 aliphatic heterocycles. The minimum Gasteiger partial charge on any atom is -0.481 e. The van der Waals surface area contributed by atoms with Crippen molar-refractivity contribution >= 4 is 11.7 Å². The van der Waals surface area contributed by atoms with Gasteiger partial charge >= 0.3 is 5.97 Å². The molecule has 2 N–H and O–H groups in total. The van der Waals surface area contributed by atoms with E-state index in [1.165, 1.54) is 0 Å². The molecule has 0 heterocycles. The lowest BCUT2D eigenvalue weighted by Gasteiger charge is -2.11. The second-order valence-corrected chi connectivity index (χ2v) is 3.98. The van der Waals surface area contributed by atoms with E-state index in [1.54, 1.807) is 6.92 Å². The average molecular weight is 207 g/mol. The number of anilines is 1. The van der Waals surface area contributed by atoms with Crippen LogP contribution in [0.3, 0.4) is 0 Å². The van der Waals surface area contributed by atoms with Crippen molar-refractivity contribution < 1.29 is 9.90 Å². The molecule has 1 unspecified atom stereocenters. The van der Waals surface area contributed by atoms with E-state index in [2.05, 4.69) is 19.2 Å². The number of carbonyl (C=O) groups is 1. The van der Waals surface area contributed by atoms with E-state index in [0.29, 0.717) is 6.04 Å². The van der Waals surface area contributed by atoms with Gasteiger partial charge in [-0.1, -0.05) is 12.1 Å². The highest BCUT2D eigenvalue weighted by molar-refractivity contribution is 5.75. The molecule has 1 atom stereocenters. The number of carboxylic acids is 1. The molecular formula is C12H17NO2. The summed E-state index contributed by atoms with van der Waals surface area (Å²) >= 11 is 0. The Morgan fingerprint density at radius 2 is 1.73 bits per heavy atom. The van der Waals surface area contributed by atoms with Crippen molar-refractivity contribution in [2.75, 3.05) is 5.32 Å². The fraction of sp³-hybridized carbons (Fsp3) is 0.417. The van der Waals surface area contributed by atoms with Crippen LogP contribution in [0, 0.1) is 0 Å². The third kappa shape index (κ3) is 3.27. The molecule has 1 rings (SSSR count). The molecule has 15 heavy (non-hydrogen) atoms. The zero-order chi connectivity index (χ0) is 11.4. The number of nitrogens with one attached hydrogen (secondary N) is 1. The van der Waals surface area contributed by atoms with Crippen molar-refractivity contribution in [1.82, 2.24) is 0 Å². The predicted octanol–water partition coefficient (Wildman–Crippen LogP) is 2.70. The lowest BCUT2D eigenvalue weighted by Crippen LogP contribution is -2.10. The van der Waals surface area contributed by atoms with Gasteiger partial charge in [0.2, 0.25) is 0 Å². The van der Waals surface area contributed by atoms with E-state index in [1.807, 2.05) is 24.3 Å². The number of benzene rings is 1. The summed E-state index contributed by atoms with van der Waals surface area (Å²) in [5.41, 5.74) is 1.85. The lowest BCUT2D eigenvalue weighted by atomic mass is 10.0. The van der Waals surface area contributed by atoms with Crippen LogP contribution >= 0.6 is 0 Å². The van der Waals surface area contributed by atoms with Gasteiger partial charge in [0.1, 0.15) is 0 Å². The highest BCUT2D eigenvalue weighted by Crippen LogP contribution is 2.18. The Morgan fingerprint density at radius 1 is 1.20 bits per heavy atom. The number of hydrogen-bond donors (Lipinski definition) is 2.